The van der Waals surface area contributed by atoms with E-state index in [0.717, 1.165) is 25.7 Å². The van der Waals surface area contributed by atoms with Crippen molar-refractivity contribution < 1.29 is 22.4 Å². The summed E-state index contributed by atoms with van der Waals surface area (Å²) in [5.74, 6) is -0.273. The minimum Gasteiger partial charge on any atom is -0.467 e. The highest BCUT2D eigenvalue weighted by atomic mass is 32.2. The molecule has 1 aliphatic heterocycles. The van der Waals surface area contributed by atoms with Crippen LogP contribution in [-0.2, 0) is 21.4 Å². The van der Waals surface area contributed by atoms with Crippen molar-refractivity contribution in [1.29, 1.82) is 0 Å². The van der Waals surface area contributed by atoms with Gasteiger partial charge in [0.05, 0.1) is 17.7 Å². The number of sulfonamides is 1. The number of rotatable bonds is 7. The van der Waals surface area contributed by atoms with Gasteiger partial charge >= 0.3 is 0 Å². The molecule has 1 atom stereocenters. The third-order valence-corrected chi connectivity index (χ3v) is 6.95. The fraction of sp³-hybridized carbons (Fsp3) is 0.429. The van der Waals surface area contributed by atoms with Gasteiger partial charge in [-0.2, -0.15) is 4.31 Å². The predicted molar refractivity (Wildman–Crippen MR) is 111 cm³/mol. The van der Waals surface area contributed by atoms with Crippen LogP contribution in [0.1, 0.15) is 48.7 Å². The Hall–Kier alpha value is -2.65. The molecular weight excluding hydrogens is 406 g/mol. The lowest BCUT2D eigenvalue weighted by molar-refractivity contribution is -0.122. The predicted octanol–water partition coefficient (Wildman–Crippen LogP) is 2.28. The molecule has 1 unspecified atom stereocenters. The highest BCUT2D eigenvalue weighted by Crippen LogP contribution is 2.21. The van der Waals surface area contributed by atoms with Gasteiger partial charge in [0.2, 0.25) is 15.9 Å². The van der Waals surface area contributed by atoms with Crippen molar-refractivity contribution in [3.8, 4) is 0 Å². The quantitative estimate of drug-likeness (QED) is 0.696. The average Bonchev–Trinajstić information content (AvgIpc) is 3.11. The lowest BCUT2D eigenvalue weighted by Crippen LogP contribution is -2.44. The normalized spacial score (nSPS) is 16.4. The van der Waals surface area contributed by atoms with Gasteiger partial charge in [0, 0.05) is 18.7 Å². The Morgan fingerprint density at radius 1 is 1.10 bits per heavy atom. The van der Waals surface area contributed by atoms with Crippen molar-refractivity contribution >= 4 is 21.8 Å². The Balaban J connectivity index is 1.64. The van der Waals surface area contributed by atoms with Crippen LogP contribution in [0.15, 0.2) is 52.0 Å². The molecule has 0 radical (unpaired) electrons. The third-order valence-electron chi connectivity index (χ3n) is 5.06. The Labute approximate surface area is 176 Å². The van der Waals surface area contributed by atoms with E-state index in [9.17, 15) is 18.0 Å². The average molecular weight is 434 g/mol. The summed E-state index contributed by atoms with van der Waals surface area (Å²) in [5, 5.41) is 5.28. The van der Waals surface area contributed by atoms with Gasteiger partial charge < -0.3 is 15.1 Å². The summed E-state index contributed by atoms with van der Waals surface area (Å²) >= 11 is 0. The van der Waals surface area contributed by atoms with Gasteiger partial charge in [-0.25, -0.2) is 8.42 Å². The van der Waals surface area contributed by atoms with E-state index in [1.54, 1.807) is 25.1 Å². The van der Waals surface area contributed by atoms with E-state index in [1.165, 1.54) is 28.8 Å². The molecule has 0 saturated carbocycles. The second-order valence-electron chi connectivity index (χ2n) is 7.34. The standard InChI is InChI=1S/C21H27N3O5S/c1-16(20(25)22-15-18-9-7-13-29-18)23-21(26)17-8-6-10-19(14-17)30(27,28)24-11-4-2-3-5-12-24/h6-10,13-14,16H,2-5,11-12,15H2,1H3,(H,22,25)(H,23,26). The molecule has 0 aliphatic carbocycles. The van der Waals surface area contributed by atoms with E-state index in [4.69, 9.17) is 4.42 Å². The summed E-state index contributed by atoms with van der Waals surface area (Å²) in [6.45, 7) is 2.76. The van der Waals surface area contributed by atoms with E-state index >= 15 is 0 Å². The van der Waals surface area contributed by atoms with Crippen LogP contribution in [0.3, 0.4) is 0 Å². The number of carbonyl (C=O) groups excluding carboxylic acids is 2. The first-order valence-electron chi connectivity index (χ1n) is 10.1. The maximum atomic E-state index is 13.0. The maximum Gasteiger partial charge on any atom is 0.251 e. The minimum atomic E-state index is -3.66. The second-order valence-corrected chi connectivity index (χ2v) is 9.28. The Bertz CT molecular complexity index is 964. The van der Waals surface area contributed by atoms with Crippen LogP contribution in [0.2, 0.25) is 0 Å². The zero-order chi connectivity index (χ0) is 21.6. The first kappa shape index (κ1) is 22.0. The molecule has 9 heteroatoms. The molecule has 1 aromatic carbocycles. The number of nitrogens with one attached hydrogen (secondary N) is 2. The fourth-order valence-corrected chi connectivity index (χ4v) is 4.88. The molecule has 1 aliphatic rings. The SMILES string of the molecule is CC(NC(=O)c1cccc(S(=O)(=O)N2CCCCCC2)c1)C(=O)NCc1ccco1. The van der Waals surface area contributed by atoms with Gasteiger partial charge in [0.1, 0.15) is 11.8 Å². The lowest BCUT2D eigenvalue weighted by Gasteiger charge is -2.20. The van der Waals surface area contributed by atoms with Crippen LogP contribution >= 0.6 is 0 Å². The monoisotopic (exact) mass is 433 g/mol. The van der Waals surface area contributed by atoms with Crippen LogP contribution in [0.5, 0.6) is 0 Å². The Morgan fingerprint density at radius 3 is 2.50 bits per heavy atom. The highest BCUT2D eigenvalue weighted by molar-refractivity contribution is 7.89. The third kappa shape index (κ3) is 5.48. The molecule has 1 fully saturated rings. The number of hydrogen-bond acceptors (Lipinski definition) is 5. The Morgan fingerprint density at radius 2 is 1.83 bits per heavy atom. The number of furan rings is 1. The number of benzene rings is 1. The maximum absolute atomic E-state index is 13.0. The van der Waals surface area contributed by atoms with Gasteiger partial charge in [-0.05, 0) is 50.1 Å². The van der Waals surface area contributed by atoms with Crippen LogP contribution in [0.4, 0.5) is 0 Å². The molecule has 0 bridgehead atoms. The van der Waals surface area contributed by atoms with E-state index < -0.39 is 22.0 Å². The molecule has 8 nitrogen and oxygen atoms in total. The Kier molecular flexibility index (Phi) is 7.28. The first-order chi connectivity index (χ1) is 14.4. The second kappa shape index (κ2) is 9.90. The molecule has 2 amide bonds. The molecule has 30 heavy (non-hydrogen) atoms. The minimum absolute atomic E-state index is 0.0898. The van der Waals surface area contributed by atoms with Crippen molar-refractivity contribution in [1.82, 2.24) is 14.9 Å². The summed E-state index contributed by atoms with van der Waals surface area (Å²) in [4.78, 5) is 24.9. The molecule has 2 aromatic rings. The topological polar surface area (TPSA) is 109 Å². The molecule has 2 heterocycles. The van der Waals surface area contributed by atoms with Crippen LogP contribution in [0, 0.1) is 0 Å². The van der Waals surface area contributed by atoms with E-state index in [0.29, 0.717) is 18.8 Å². The van der Waals surface area contributed by atoms with Gasteiger partial charge in [-0.3, -0.25) is 9.59 Å². The first-order valence-corrected chi connectivity index (χ1v) is 11.5. The number of carbonyl (C=O) groups is 2. The smallest absolute Gasteiger partial charge is 0.251 e. The lowest BCUT2D eigenvalue weighted by atomic mass is 10.2. The van der Waals surface area contributed by atoms with Crippen molar-refractivity contribution in [3.63, 3.8) is 0 Å². The number of nitrogens with zero attached hydrogens (tertiary/aromatic N) is 1. The molecular formula is C21H27N3O5S. The summed E-state index contributed by atoms with van der Waals surface area (Å²) < 4.78 is 32.6. The molecule has 0 spiro atoms. The van der Waals surface area contributed by atoms with Gasteiger partial charge in [-0.1, -0.05) is 18.9 Å². The van der Waals surface area contributed by atoms with Gasteiger partial charge in [0.15, 0.2) is 0 Å². The summed E-state index contributed by atoms with van der Waals surface area (Å²) in [6.07, 6.45) is 5.23. The summed E-state index contributed by atoms with van der Waals surface area (Å²) in [5.41, 5.74) is 0.191. The summed E-state index contributed by atoms with van der Waals surface area (Å²) in [7, 11) is -3.66. The zero-order valence-corrected chi connectivity index (χ0v) is 17.8. The highest BCUT2D eigenvalue weighted by Gasteiger charge is 2.26. The van der Waals surface area contributed by atoms with E-state index in [-0.39, 0.29) is 22.9 Å². The van der Waals surface area contributed by atoms with E-state index in [2.05, 4.69) is 10.6 Å². The summed E-state index contributed by atoms with van der Waals surface area (Å²) in [6, 6.07) is 8.60. The zero-order valence-electron chi connectivity index (χ0n) is 17.0. The van der Waals surface area contributed by atoms with Crippen molar-refractivity contribution in [3.05, 3.63) is 54.0 Å². The largest absolute Gasteiger partial charge is 0.467 e. The molecule has 1 aromatic heterocycles. The number of hydrogen-bond donors (Lipinski definition) is 2. The molecule has 1 saturated heterocycles. The fourth-order valence-electron chi connectivity index (χ4n) is 3.31. The number of amides is 2. The van der Waals surface area contributed by atoms with Crippen LogP contribution < -0.4 is 10.6 Å². The molecule has 2 N–H and O–H groups in total. The van der Waals surface area contributed by atoms with Crippen molar-refractivity contribution in [2.45, 2.75) is 50.1 Å². The van der Waals surface area contributed by atoms with Crippen LogP contribution in [0.25, 0.3) is 0 Å². The van der Waals surface area contributed by atoms with Crippen molar-refractivity contribution in [2.75, 3.05) is 13.1 Å². The van der Waals surface area contributed by atoms with Crippen molar-refractivity contribution in [2.24, 2.45) is 0 Å². The van der Waals surface area contributed by atoms with Gasteiger partial charge in [-0.15, -0.1) is 0 Å². The van der Waals surface area contributed by atoms with E-state index in [1.807, 2.05) is 0 Å². The molecule has 162 valence electrons. The molecule has 3 rings (SSSR count). The van der Waals surface area contributed by atoms with Gasteiger partial charge in [0.25, 0.3) is 5.91 Å². The van der Waals surface area contributed by atoms with Crippen LogP contribution in [-0.4, -0.2) is 43.7 Å².